The Balaban J connectivity index is 2.33. The van der Waals surface area contributed by atoms with Crippen LogP contribution in [0.5, 0.6) is 11.6 Å². The first-order chi connectivity index (χ1) is 9.00. The van der Waals surface area contributed by atoms with E-state index in [9.17, 15) is 13.2 Å². The molecule has 0 amide bonds. The fourth-order valence-electron chi connectivity index (χ4n) is 1.40. The number of halogens is 4. The van der Waals surface area contributed by atoms with E-state index in [0.717, 1.165) is 6.07 Å². The van der Waals surface area contributed by atoms with E-state index >= 15 is 0 Å². The molecule has 0 N–H and O–H groups in total. The van der Waals surface area contributed by atoms with Crippen LogP contribution >= 0.6 is 11.6 Å². The Bertz CT molecular complexity index is 575. The van der Waals surface area contributed by atoms with E-state index in [2.05, 4.69) is 9.97 Å². The number of alkyl halides is 4. The van der Waals surface area contributed by atoms with Crippen LogP contribution in [-0.2, 0) is 12.1 Å². The lowest BCUT2D eigenvalue weighted by molar-refractivity contribution is -0.138. The highest BCUT2D eigenvalue weighted by Crippen LogP contribution is 2.37. The van der Waals surface area contributed by atoms with Crippen LogP contribution in [0.1, 0.15) is 11.3 Å². The Labute approximate surface area is 112 Å². The second kappa shape index (κ2) is 5.44. The van der Waals surface area contributed by atoms with Crippen molar-refractivity contribution in [1.29, 1.82) is 0 Å². The SMILES string of the molecule is FC(F)(F)c1ccccc1Oc1cncc(CCl)n1. The van der Waals surface area contributed by atoms with Crippen LogP contribution < -0.4 is 4.74 Å². The summed E-state index contributed by atoms with van der Waals surface area (Å²) < 4.78 is 43.4. The molecule has 0 aliphatic carbocycles. The predicted molar refractivity (Wildman–Crippen MR) is 63.1 cm³/mol. The summed E-state index contributed by atoms with van der Waals surface area (Å²) in [6, 6.07) is 4.89. The van der Waals surface area contributed by atoms with Gasteiger partial charge >= 0.3 is 6.18 Å². The van der Waals surface area contributed by atoms with Gasteiger partial charge in [-0.25, -0.2) is 4.98 Å². The van der Waals surface area contributed by atoms with Crippen molar-refractivity contribution < 1.29 is 17.9 Å². The van der Waals surface area contributed by atoms with Crippen LogP contribution in [0.15, 0.2) is 36.7 Å². The number of para-hydroxylation sites is 1. The fraction of sp³-hybridized carbons (Fsp3) is 0.167. The van der Waals surface area contributed by atoms with E-state index in [0.29, 0.717) is 5.69 Å². The van der Waals surface area contributed by atoms with E-state index in [1.54, 1.807) is 0 Å². The molecule has 0 aliphatic heterocycles. The van der Waals surface area contributed by atoms with Crippen molar-refractivity contribution >= 4 is 11.6 Å². The second-order valence-corrected chi connectivity index (χ2v) is 3.85. The van der Waals surface area contributed by atoms with E-state index in [4.69, 9.17) is 16.3 Å². The number of rotatable bonds is 3. The minimum atomic E-state index is -4.49. The topological polar surface area (TPSA) is 35.0 Å². The molecular formula is C12H8ClF3N2O. The zero-order valence-corrected chi connectivity index (χ0v) is 10.2. The van der Waals surface area contributed by atoms with Gasteiger partial charge in [-0.3, -0.25) is 4.98 Å². The zero-order valence-electron chi connectivity index (χ0n) is 9.49. The first kappa shape index (κ1) is 13.6. The number of benzene rings is 1. The highest BCUT2D eigenvalue weighted by molar-refractivity contribution is 6.16. The quantitative estimate of drug-likeness (QED) is 0.800. The molecule has 0 spiro atoms. The number of ether oxygens (including phenoxy) is 1. The maximum Gasteiger partial charge on any atom is 0.419 e. The van der Waals surface area contributed by atoms with Gasteiger partial charge in [-0.05, 0) is 12.1 Å². The lowest BCUT2D eigenvalue weighted by atomic mass is 10.2. The van der Waals surface area contributed by atoms with E-state index in [1.165, 1.54) is 30.6 Å². The first-order valence-electron chi connectivity index (χ1n) is 5.21. The van der Waals surface area contributed by atoms with Gasteiger partial charge in [-0.2, -0.15) is 13.2 Å². The molecule has 0 saturated heterocycles. The van der Waals surface area contributed by atoms with Gasteiger partial charge in [0.2, 0.25) is 5.88 Å². The Morgan fingerprint density at radius 3 is 2.58 bits per heavy atom. The lowest BCUT2D eigenvalue weighted by Crippen LogP contribution is -2.07. The largest absolute Gasteiger partial charge is 0.437 e. The molecule has 0 atom stereocenters. The third-order valence-electron chi connectivity index (χ3n) is 2.21. The Kier molecular flexibility index (Phi) is 3.90. The van der Waals surface area contributed by atoms with Crippen LogP contribution in [-0.4, -0.2) is 9.97 Å². The molecule has 0 fully saturated rings. The normalized spacial score (nSPS) is 11.4. The molecule has 19 heavy (non-hydrogen) atoms. The van der Waals surface area contributed by atoms with Crippen molar-refractivity contribution in [1.82, 2.24) is 9.97 Å². The van der Waals surface area contributed by atoms with Gasteiger partial charge in [0.1, 0.15) is 5.75 Å². The van der Waals surface area contributed by atoms with Crippen LogP contribution in [0, 0.1) is 0 Å². The summed E-state index contributed by atoms with van der Waals surface area (Å²) in [5.74, 6) is -0.253. The molecule has 3 nitrogen and oxygen atoms in total. The van der Waals surface area contributed by atoms with E-state index in [-0.39, 0.29) is 17.5 Å². The Morgan fingerprint density at radius 1 is 1.16 bits per heavy atom. The summed E-state index contributed by atoms with van der Waals surface area (Å²) in [4.78, 5) is 7.72. The van der Waals surface area contributed by atoms with Gasteiger partial charge in [-0.15, -0.1) is 11.6 Å². The predicted octanol–water partition coefficient (Wildman–Crippen LogP) is 4.03. The van der Waals surface area contributed by atoms with Crippen molar-refractivity contribution in [2.45, 2.75) is 12.1 Å². The summed E-state index contributed by atoms with van der Waals surface area (Å²) in [5.41, 5.74) is -0.447. The summed E-state index contributed by atoms with van der Waals surface area (Å²) >= 11 is 5.57. The Morgan fingerprint density at radius 2 is 1.89 bits per heavy atom. The van der Waals surface area contributed by atoms with Crippen molar-refractivity contribution in [2.75, 3.05) is 0 Å². The molecule has 0 unspecified atom stereocenters. The van der Waals surface area contributed by atoms with Crippen molar-refractivity contribution in [3.05, 3.63) is 47.9 Å². The number of aromatic nitrogens is 2. The standard InChI is InChI=1S/C12H8ClF3N2O/c13-5-8-6-17-7-11(18-8)19-10-4-2-1-3-9(10)12(14,15)16/h1-4,6-7H,5H2. The molecule has 0 aliphatic rings. The van der Waals surface area contributed by atoms with Gasteiger partial charge in [0.25, 0.3) is 0 Å². The highest BCUT2D eigenvalue weighted by Gasteiger charge is 2.34. The maximum atomic E-state index is 12.8. The smallest absolute Gasteiger partial charge is 0.419 e. The van der Waals surface area contributed by atoms with E-state index < -0.39 is 11.7 Å². The average Bonchev–Trinajstić information content (AvgIpc) is 2.38. The molecule has 0 bridgehead atoms. The molecule has 0 radical (unpaired) electrons. The molecular weight excluding hydrogens is 281 g/mol. The fourth-order valence-corrected chi connectivity index (χ4v) is 1.53. The van der Waals surface area contributed by atoms with Gasteiger partial charge in [0.05, 0.1) is 23.3 Å². The zero-order chi connectivity index (χ0) is 13.9. The number of nitrogens with zero attached hydrogens (tertiary/aromatic N) is 2. The third kappa shape index (κ3) is 3.35. The van der Waals surface area contributed by atoms with Gasteiger partial charge in [0.15, 0.2) is 0 Å². The van der Waals surface area contributed by atoms with Crippen LogP contribution in [0.4, 0.5) is 13.2 Å². The van der Waals surface area contributed by atoms with Crippen LogP contribution in [0.3, 0.4) is 0 Å². The maximum absolute atomic E-state index is 12.8. The summed E-state index contributed by atoms with van der Waals surface area (Å²) in [7, 11) is 0. The molecule has 1 aromatic carbocycles. The summed E-state index contributed by atoms with van der Waals surface area (Å²) in [5, 5.41) is 0. The number of hydrogen-bond acceptors (Lipinski definition) is 3. The second-order valence-electron chi connectivity index (χ2n) is 3.58. The molecule has 1 aromatic heterocycles. The van der Waals surface area contributed by atoms with Crippen LogP contribution in [0.2, 0.25) is 0 Å². The van der Waals surface area contributed by atoms with Crippen molar-refractivity contribution in [3.8, 4) is 11.6 Å². The molecule has 2 rings (SSSR count). The van der Waals surface area contributed by atoms with Gasteiger partial charge < -0.3 is 4.74 Å². The van der Waals surface area contributed by atoms with Gasteiger partial charge in [0, 0.05) is 6.20 Å². The Hall–Kier alpha value is -1.82. The summed E-state index contributed by atoms with van der Waals surface area (Å²) in [6.45, 7) is 0. The lowest BCUT2D eigenvalue weighted by Gasteiger charge is -2.12. The third-order valence-corrected chi connectivity index (χ3v) is 2.48. The number of hydrogen-bond donors (Lipinski definition) is 0. The van der Waals surface area contributed by atoms with Crippen LogP contribution in [0.25, 0.3) is 0 Å². The highest BCUT2D eigenvalue weighted by atomic mass is 35.5. The van der Waals surface area contributed by atoms with E-state index in [1.807, 2.05) is 0 Å². The minimum Gasteiger partial charge on any atom is -0.437 e. The van der Waals surface area contributed by atoms with Crippen molar-refractivity contribution in [2.24, 2.45) is 0 Å². The van der Waals surface area contributed by atoms with Crippen molar-refractivity contribution in [3.63, 3.8) is 0 Å². The molecule has 2 aromatic rings. The molecule has 0 saturated carbocycles. The molecule has 100 valence electrons. The van der Waals surface area contributed by atoms with Gasteiger partial charge in [-0.1, -0.05) is 12.1 Å². The molecule has 1 heterocycles. The summed E-state index contributed by atoms with van der Waals surface area (Å²) in [6.07, 6.45) is -1.85. The molecule has 7 heteroatoms. The monoisotopic (exact) mass is 288 g/mol. The average molecular weight is 289 g/mol. The minimum absolute atomic E-state index is 0.0325. The first-order valence-corrected chi connectivity index (χ1v) is 5.75.